The minimum absolute atomic E-state index is 0.0153. The Morgan fingerprint density at radius 3 is 2.78 bits per heavy atom. The molecule has 37 heavy (non-hydrogen) atoms. The van der Waals surface area contributed by atoms with Gasteiger partial charge in [0.05, 0.1) is 17.6 Å². The van der Waals surface area contributed by atoms with E-state index in [0.29, 0.717) is 33.9 Å². The number of nitrogens with one attached hydrogen (secondary N) is 1. The second kappa shape index (κ2) is 9.12. The molecule has 3 N–H and O–H groups in total. The highest BCUT2D eigenvalue weighted by molar-refractivity contribution is 6.04. The van der Waals surface area contributed by atoms with Gasteiger partial charge in [0.15, 0.2) is 5.65 Å². The summed E-state index contributed by atoms with van der Waals surface area (Å²) >= 11 is 0. The third-order valence-electron chi connectivity index (χ3n) is 6.92. The number of fused-ring (bicyclic) bond motifs is 2. The molecule has 0 spiro atoms. The molecular weight excluding hydrogens is 466 g/mol. The van der Waals surface area contributed by atoms with E-state index < -0.39 is 0 Å². The second-order valence-corrected chi connectivity index (χ2v) is 9.27. The SMILES string of the molecule is CCn1ncc2c1CCC[C@@H]2n1nc(-c2ccc(C(=O)Nc3cc(C)ccn3)cc2)c2c(N)ncnc21. The Balaban J connectivity index is 1.37. The molecule has 4 aromatic heterocycles. The zero-order valence-electron chi connectivity index (χ0n) is 20.7. The molecule has 0 aliphatic heterocycles. The van der Waals surface area contributed by atoms with Gasteiger partial charge in [-0.15, -0.1) is 0 Å². The lowest BCUT2D eigenvalue weighted by atomic mass is 9.93. The van der Waals surface area contributed by atoms with Crippen LogP contribution in [-0.2, 0) is 13.0 Å². The standard InChI is InChI=1S/C27H27N9O/c1-3-35-20-5-4-6-21(19(20)14-32-35)36-26-23(25(28)30-15-31-26)24(34-36)17-7-9-18(10-8-17)27(37)33-22-13-16(2)11-12-29-22/h7-15,21H,3-6H2,1-2H3,(H2,28,30,31)(H,29,33,37)/t21-/m0/s1. The van der Waals surface area contributed by atoms with Crippen LogP contribution < -0.4 is 11.1 Å². The molecular formula is C27H27N9O. The molecule has 0 fully saturated rings. The Morgan fingerprint density at radius 2 is 2.00 bits per heavy atom. The number of nitrogens with two attached hydrogens (primary N) is 1. The molecule has 10 nitrogen and oxygen atoms in total. The quantitative estimate of drug-likeness (QED) is 0.376. The molecule has 0 saturated heterocycles. The number of hydrogen-bond acceptors (Lipinski definition) is 7. The van der Waals surface area contributed by atoms with E-state index in [0.717, 1.165) is 36.9 Å². The van der Waals surface area contributed by atoms with Gasteiger partial charge in [-0.3, -0.25) is 9.48 Å². The highest BCUT2D eigenvalue weighted by Gasteiger charge is 2.29. The maximum absolute atomic E-state index is 12.8. The predicted octanol–water partition coefficient (Wildman–Crippen LogP) is 4.17. The molecule has 0 bridgehead atoms. The number of benzene rings is 1. The van der Waals surface area contributed by atoms with Crippen LogP contribution in [0.4, 0.5) is 11.6 Å². The molecule has 1 amide bonds. The number of pyridine rings is 1. The van der Waals surface area contributed by atoms with Gasteiger partial charge in [0.25, 0.3) is 5.91 Å². The minimum atomic E-state index is -0.231. The smallest absolute Gasteiger partial charge is 0.256 e. The van der Waals surface area contributed by atoms with Crippen LogP contribution in [0.5, 0.6) is 0 Å². The van der Waals surface area contributed by atoms with Crippen molar-refractivity contribution in [2.24, 2.45) is 0 Å². The summed E-state index contributed by atoms with van der Waals surface area (Å²) in [5, 5.41) is 13.2. The Bertz CT molecular complexity index is 1620. The minimum Gasteiger partial charge on any atom is -0.383 e. The lowest BCUT2D eigenvalue weighted by Gasteiger charge is -2.23. The first-order valence-corrected chi connectivity index (χ1v) is 12.4. The Morgan fingerprint density at radius 1 is 1.16 bits per heavy atom. The summed E-state index contributed by atoms with van der Waals surface area (Å²) in [6.07, 6.45) is 8.09. The maximum Gasteiger partial charge on any atom is 0.256 e. The molecule has 186 valence electrons. The van der Waals surface area contributed by atoms with Crippen molar-refractivity contribution in [3.05, 3.63) is 77.5 Å². The van der Waals surface area contributed by atoms with Crippen molar-refractivity contribution in [3.63, 3.8) is 0 Å². The third kappa shape index (κ3) is 4.00. The lowest BCUT2D eigenvalue weighted by molar-refractivity contribution is 0.102. The number of nitrogens with zero attached hydrogens (tertiary/aromatic N) is 7. The molecule has 6 rings (SSSR count). The van der Waals surface area contributed by atoms with Crippen LogP contribution in [0.25, 0.3) is 22.3 Å². The molecule has 0 saturated carbocycles. The van der Waals surface area contributed by atoms with E-state index in [2.05, 4.69) is 37.0 Å². The highest BCUT2D eigenvalue weighted by Crippen LogP contribution is 2.38. The van der Waals surface area contributed by atoms with Crippen molar-refractivity contribution in [3.8, 4) is 11.3 Å². The van der Waals surface area contributed by atoms with Crippen molar-refractivity contribution in [1.82, 2.24) is 34.5 Å². The van der Waals surface area contributed by atoms with Gasteiger partial charge in [-0.1, -0.05) is 12.1 Å². The van der Waals surface area contributed by atoms with Crippen LogP contribution >= 0.6 is 0 Å². The number of anilines is 2. The van der Waals surface area contributed by atoms with Crippen LogP contribution in [0.1, 0.15) is 53.0 Å². The van der Waals surface area contributed by atoms with Crippen molar-refractivity contribution in [1.29, 1.82) is 0 Å². The van der Waals surface area contributed by atoms with Crippen molar-refractivity contribution in [2.75, 3.05) is 11.1 Å². The maximum atomic E-state index is 12.8. The summed E-state index contributed by atoms with van der Waals surface area (Å²) in [5.74, 6) is 0.659. The predicted molar refractivity (Wildman–Crippen MR) is 141 cm³/mol. The molecule has 0 radical (unpaired) electrons. The first-order chi connectivity index (χ1) is 18.0. The number of rotatable bonds is 5. The summed E-state index contributed by atoms with van der Waals surface area (Å²) in [6, 6.07) is 11.0. The average molecular weight is 494 g/mol. The fourth-order valence-corrected chi connectivity index (χ4v) is 5.11. The molecule has 0 unspecified atom stereocenters. The number of aryl methyl sites for hydroxylation is 2. The summed E-state index contributed by atoms with van der Waals surface area (Å²) in [4.78, 5) is 25.8. The highest BCUT2D eigenvalue weighted by atomic mass is 16.1. The monoisotopic (exact) mass is 493 g/mol. The summed E-state index contributed by atoms with van der Waals surface area (Å²) in [7, 11) is 0. The zero-order chi connectivity index (χ0) is 25.5. The first-order valence-electron chi connectivity index (χ1n) is 12.4. The Labute approximate surface area is 213 Å². The number of carbonyl (C=O) groups is 1. The molecule has 5 aromatic rings. The van der Waals surface area contributed by atoms with E-state index in [1.54, 1.807) is 18.3 Å². The van der Waals surface area contributed by atoms with Crippen LogP contribution in [0.2, 0.25) is 0 Å². The van der Waals surface area contributed by atoms with Gasteiger partial charge in [0.2, 0.25) is 0 Å². The molecule has 1 aromatic carbocycles. The third-order valence-corrected chi connectivity index (χ3v) is 6.92. The molecule has 1 atom stereocenters. The normalized spacial score (nSPS) is 15.0. The van der Waals surface area contributed by atoms with Gasteiger partial charge in [0, 0.05) is 35.1 Å². The van der Waals surface area contributed by atoms with E-state index in [-0.39, 0.29) is 11.9 Å². The number of aromatic nitrogens is 7. The molecule has 10 heteroatoms. The molecule has 1 aliphatic rings. The van der Waals surface area contributed by atoms with E-state index in [4.69, 9.17) is 10.8 Å². The second-order valence-electron chi connectivity index (χ2n) is 9.27. The van der Waals surface area contributed by atoms with Crippen molar-refractivity contribution in [2.45, 2.75) is 45.7 Å². The van der Waals surface area contributed by atoms with E-state index >= 15 is 0 Å². The molecule has 1 aliphatic carbocycles. The fraction of sp³-hybridized carbons (Fsp3) is 0.259. The van der Waals surface area contributed by atoms with Gasteiger partial charge in [-0.2, -0.15) is 10.2 Å². The van der Waals surface area contributed by atoms with Gasteiger partial charge >= 0.3 is 0 Å². The van der Waals surface area contributed by atoms with Gasteiger partial charge in [-0.25, -0.2) is 19.6 Å². The van der Waals surface area contributed by atoms with E-state index in [1.165, 1.54) is 17.6 Å². The van der Waals surface area contributed by atoms with Crippen LogP contribution in [0.15, 0.2) is 55.1 Å². The van der Waals surface area contributed by atoms with Gasteiger partial charge in [0.1, 0.15) is 23.7 Å². The number of hydrogen-bond donors (Lipinski definition) is 2. The van der Waals surface area contributed by atoms with Gasteiger partial charge in [-0.05, 0) is 62.9 Å². The van der Waals surface area contributed by atoms with E-state index in [1.807, 2.05) is 42.1 Å². The van der Waals surface area contributed by atoms with Crippen molar-refractivity contribution >= 4 is 28.6 Å². The zero-order valence-corrected chi connectivity index (χ0v) is 20.7. The van der Waals surface area contributed by atoms with Crippen molar-refractivity contribution < 1.29 is 4.79 Å². The number of nitrogen functional groups attached to an aromatic ring is 1. The first kappa shape index (κ1) is 22.8. The topological polar surface area (TPSA) is 129 Å². The summed E-state index contributed by atoms with van der Waals surface area (Å²) < 4.78 is 4.03. The fourth-order valence-electron chi connectivity index (χ4n) is 5.11. The Hall–Kier alpha value is -4.60. The van der Waals surface area contributed by atoms with Crippen LogP contribution in [0, 0.1) is 6.92 Å². The summed E-state index contributed by atoms with van der Waals surface area (Å²) in [6.45, 7) is 4.89. The summed E-state index contributed by atoms with van der Waals surface area (Å²) in [5.41, 5.74) is 12.5. The number of amides is 1. The lowest BCUT2D eigenvalue weighted by Crippen LogP contribution is -2.19. The Kier molecular flexibility index (Phi) is 5.63. The van der Waals surface area contributed by atoms with Crippen LogP contribution in [0.3, 0.4) is 0 Å². The van der Waals surface area contributed by atoms with Gasteiger partial charge < -0.3 is 11.1 Å². The average Bonchev–Trinajstić information content (AvgIpc) is 3.51. The van der Waals surface area contributed by atoms with Crippen LogP contribution in [-0.4, -0.2) is 40.4 Å². The largest absolute Gasteiger partial charge is 0.383 e. The number of carbonyl (C=O) groups excluding carboxylic acids is 1. The van der Waals surface area contributed by atoms with E-state index in [9.17, 15) is 4.79 Å². The molecule has 4 heterocycles.